The summed E-state index contributed by atoms with van der Waals surface area (Å²) in [7, 11) is 1.62. The zero-order chi connectivity index (χ0) is 17.1. The third kappa shape index (κ3) is 3.08. The highest BCUT2D eigenvalue weighted by Gasteiger charge is 2.14. The molecule has 3 rings (SSSR count). The number of para-hydroxylation sites is 2. The summed E-state index contributed by atoms with van der Waals surface area (Å²) in [6.07, 6.45) is 3.34. The van der Waals surface area contributed by atoms with Gasteiger partial charge in [-0.1, -0.05) is 30.3 Å². The first-order valence-electron chi connectivity index (χ1n) is 8.07. The van der Waals surface area contributed by atoms with Gasteiger partial charge in [0, 0.05) is 24.7 Å². The maximum Gasteiger partial charge on any atom is 0.243 e. The monoisotopic (exact) mass is 319 g/mol. The van der Waals surface area contributed by atoms with Gasteiger partial charge in [-0.25, -0.2) is 4.98 Å². The Balaban J connectivity index is 2.09. The molecule has 1 N–H and O–H groups in total. The summed E-state index contributed by atoms with van der Waals surface area (Å²) in [6.45, 7) is 4.32. The maximum absolute atomic E-state index is 11.4. The van der Waals surface area contributed by atoms with Crippen molar-refractivity contribution in [3.8, 4) is 11.4 Å². The van der Waals surface area contributed by atoms with E-state index in [1.165, 1.54) is 6.08 Å². The molecule has 0 radical (unpaired) electrons. The number of likely N-dealkylation sites (N-methyl/N-ethyl adjacent to an activating group) is 1. The number of carbonyl (C=O) groups is 1. The van der Waals surface area contributed by atoms with Gasteiger partial charge in [-0.3, -0.25) is 4.79 Å². The van der Waals surface area contributed by atoms with E-state index in [-0.39, 0.29) is 5.91 Å². The molecule has 1 aromatic heterocycles. The van der Waals surface area contributed by atoms with Crippen molar-refractivity contribution in [2.45, 2.75) is 19.9 Å². The molecule has 3 aromatic rings. The predicted octanol–water partition coefficient (Wildman–Crippen LogP) is 4.04. The van der Waals surface area contributed by atoms with Gasteiger partial charge in [0.05, 0.1) is 11.0 Å². The Morgan fingerprint density at radius 2 is 1.96 bits per heavy atom. The number of imidazole rings is 1. The molecule has 1 heterocycles. The molecule has 0 bridgehead atoms. The second-order valence-corrected chi connectivity index (χ2v) is 5.96. The van der Waals surface area contributed by atoms with Crippen molar-refractivity contribution in [3.63, 3.8) is 0 Å². The highest BCUT2D eigenvalue weighted by molar-refractivity contribution is 5.91. The lowest BCUT2D eigenvalue weighted by Gasteiger charge is -2.13. The van der Waals surface area contributed by atoms with Crippen LogP contribution in [0.4, 0.5) is 0 Å². The average Bonchev–Trinajstić information content (AvgIpc) is 2.99. The van der Waals surface area contributed by atoms with Crippen molar-refractivity contribution in [3.05, 3.63) is 60.2 Å². The first kappa shape index (κ1) is 16.0. The number of benzene rings is 2. The van der Waals surface area contributed by atoms with Crippen LogP contribution < -0.4 is 5.32 Å². The molecule has 0 fully saturated rings. The van der Waals surface area contributed by atoms with Crippen LogP contribution in [0.2, 0.25) is 0 Å². The molecule has 4 heteroatoms. The van der Waals surface area contributed by atoms with Gasteiger partial charge in [-0.15, -0.1) is 0 Å². The third-order valence-corrected chi connectivity index (χ3v) is 3.93. The zero-order valence-electron chi connectivity index (χ0n) is 14.2. The molecular formula is C20H21N3O. The molecular weight excluding hydrogens is 298 g/mol. The summed E-state index contributed by atoms with van der Waals surface area (Å²) in [5, 5.41) is 2.58. The number of fused-ring (bicyclic) bond motifs is 1. The summed E-state index contributed by atoms with van der Waals surface area (Å²) >= 11 is 0. The molecule has 4 nitrogen and oxygen atoms in total. The Hall–Kier alpha value is -2.88. The van der Waals surface area contributed by atoms with Crippen LogP contribution in [0.25, 0.3) is 28.5 Å². The Labute approximate surface area is 141 Å². The Kier molecular flexibility index (Phi) is 4.47. The number of nitrogens with zero attached hydrogens (tertiary/aromatic N) is 2. The molecule has 122 valence electrons. The first-order chi connectivity index (χ1) is 11.6. The second-order valence-electron chi connectivity index (χ2n) is 5.96. The van der Waals surface area contributed by atoms with Crippen molar-refractivity contribution in [2.75, 3.05) is 7.05 Å². The number of nitrogens with one attached hydrogen (secondary N) is 1. The Bertz CT molecular complexity index is 906. The van der Waals surface area contributed by atoms with Gasteiger partial charge in [-0.05, 0) is 43.7 Å². The topological polar surface area (TPSA) is 46.9 Å². The number of hydrogen-bond donors (Lipinski definition) is 1. The van der Waals surface area contributed by atoms with Crippen LogP contribution >= 0.6 is 0 Å². The maximum atomic E-state index is 11.4. The molecule has 24 heavy (non-hydrogen) atoms. The van der Waals surface area contributed by atoms with Crippen LogP contribution in [0, 0.1) is 0 Å². The third-order valence-electron chi connectivity index (χ3n) is 3.93. The number of hydrogen-bond acceptors (Lipinski definition) is 2. The van der Waals surface area contributed by atoms with Crippen molar-refractivity contribution >= 4 is 23.0 Å². The second kappa shape index (κ2) is 6.71. The highest BCUT2D eigenvalue weighted by atomic mass is 16.1. The molecule has 0 aliphatic heterocycles. The van der Waals surface area contributed by atoms with Gasteiger partial charge in [0.2, 0.25) is 5.91 Å². The number of rotatable bonds is 4. The number of amides is 1. The number of carbonyl (C=O) groups excluding carboxylic acids is 1. The molecule has 0 atom stereocenters. The minimum absolute atomic E-state index is 0.116. The van der Waals surface area contributed by atoms with E-state index >= 15 is 0 Å². The SMILES string of the molecule is CNC(=O)/C=C/c1cccc(-c2nc3ccccc3n2C(C)C)c1. The minimum atomic E-state index is -0.116. The van der Waals surface area contributed by atoms with Crippen LogP contribution in [0.15, 0.2) is 54.6 Å². The smallest absolute Gasteiger partial charge is 0.243 e. The summed E-state index contributed by atoms with van der Waals surface area (Å²) in [4.78, 5) is 16.2. The molecule has 0 spiro atoms. The lowest BCUT2D eigenvalue weighted by atomic mass is 10.1. The van der Waals surface area contributed by atoms with Crippen LogP contribution in [0.3, 0.4) is 0 Å². The zero-order valence-corrected chi connectivity index (χ0v) is 14.2. The number of aromatic nitrogens is 2. The van der Waals surface area contributed by atoms with Gasteiger partial charge in [-0.2, -0.15) is 0 Å². The average molecular weight is 319 g/mol. The fraction of sp³-hybridized carbons (Fsp3) is 0.200. The van der Waals surface area contributed by atoms with Gasteiger partial charge in [0.1, 0.15) is 5.82 Å². The van der Waals surface area contributed by atoms with Crippen LogP contribution in [-0.4, -0.2) is 22.5 Å². The Morgan fingerprint density at radius 1 is 1.17 bits per heavy atom. The van der Waals surface area contributed by atoms with E-state index in [0.29, 0.717) is 6.04 Å². The molecule has 0 aliphatic carbocycles. The minimum Gasteiger partial charge on any atom is -0.356 e. The quantitative estimate of drug-likeness (QED) is 0.738. The molecule has 0 saturated heterocycles. The van der Waals surface area contributed by atoms with Gasteiger partial charge < -0.3 is 9.88 Å². The van der Waals surface area contributed by atoms with Crippen LogP contribution in [0.5, 0.6) is 0 Å². The van der Waals surface area contributed by atoms with Crippen molar-refractivity contribution in [1.82, 2.24) is 14.9 Å². The lowest BCUT2D eigenvalue weighted by molar-refractivity contribution is -0.115. The first-order valence-corrected chi connectivity index (χ1v) is 8.07. The van der Waals surface area contributed by atoms with Crippen LogP contribution in [-0.2, 0) is 4.79 Å². The van der Waals surface area contributed by atoms with E-state index < -0.39 is 0 Å². The van der Waals surface area contributed by atoms with Crippen molar-refractivity contribution in [1.29, 1.82) is 0 Å². The van der Waals surface area contributed by atoms with Gasteiger partial charge >= 0.3 is 0 Å². The molecule has 0 saturated carbocycles. The van der Waals surface area contributed by atoms with Crippen LogP contribution in [0.1, 0.15) is 25.5 Å². The molecule has 2 aromatic carbocycles. The van der Waals surface area contributed by atoms with Gasteiger partial charge in [0.15, 0.2) is 0 Å². The molecule has 0 unspecified atom stereocenters. The summed E-state index contributed by atoms with van der Waals surface area (Å²) in [5.41, 5.74) is 4.14. The summed E-state index contributed by atoms with van der Waals surface area (Å²) in [6, 6.07) is 16.6. The fourth-order valence-corrected chi connectivity index (χ4v) is 2.81. The molecule has 1 amide bonds. The van der Waals surface area contributed by atoms with E-state index in [2.05, 4.69) is 41.9 Å². The molecule has 0 aliphatic rings. The standard InChI is InChI=1S/C20H21N3O/c1-14(2)23-18-10-5-4-9-17(18)22-20(23)16-8-6-7-15(13-16)11-12-19(24)21-3/h4-14H,1-3H3,(H,21,24)/b12-11+. The van der Waals surface area contributed by atoms with E-state index in [9.17, 15) is 4.79 Å². The van der Waals surface area contributed by atoms with Gasteiger partial charge in [0.25, 0.3) is 0 Å². The van der Waals surface area contributed by atoms with E-state index in [0.717, 1.165) is 28.0 Å². The Morgan fingerprint density at radius 3 is 2.71 bits per heavy atom. The predicted molar refractivity (Wildman–Crippen MR) is 98.7 cm³/mol. The van der Waals surface area contributed by atoms with Crippen molar-refractivity contribution < 1.29 is 4.79 Å². The van der Waals surface area contributed by atoms with E-state index in [1.54, 1.807) is 7.05 Å². The van der Waals surface area contributed by atoms with Crippen molar-refractivity contribution in [2.24, 2.45) is 0 Å². The lowest BCUT2D eigenvalue weighted by Crippen LogP contribution is -2.13. The van der Waals surface area contributed by atoms with E-state index in [1.807, 2.05) is 36.4 Å². The van der Waals surface area contributed by atoms with E-state index in [4.69, 9.17) is 4.98 Å². The highest BCUT2D eigenvalue weighted by Crippen LogP contribution is 2.28. The normalized spacial score (nSPS) is 11.5. The fourth-order valence-electron chi connectivity index (χ4n) is 2.81. The largest absolute Gasteiger partial charge is 0.356 e. The summed E-state index contributed by atoms with van der Waals surface area (Å²) in [5.74, 6) is 0.830. The summed E-state index contributed by atoms with van der Waals surface area (Å²) < 4.78 is 2.25.